The summed E-state index contributed by atoms with van der Waals surface area (Å²) in [5.41, 5.74) is 0.359. The van der Waals surface area contributed by atoms with Gasteiger partial charge in [-0.3, -0.25) is 10.1 Å². The number of hydrogen-bond donors (Lipinski definition) is 1. The minimum atomic E-state index is -3.87. The first-order valence-corrected chi connectivity index (χ1v) is 8.43. The van der Waals surface area contributed by atoms with E-state index in [1.165, 1.54) is 18.4 Å². The van der Waals surface area contributed by atoms with Crippen molar-refractivity contribution in [2.45, 2.75) is 18.4 Å². The third kappa shape index (κ3) is 3.59. The van der Waals surface area contributed by atoms with E-state index in [-0.39, 0.29) is 22.9 Å². The van der Waals surface area contributed by atoms with Crippen LogP contribution in [0.5, 0.6) is 5.75 Å². The molecular weight excluding hydrogens is 330 g/mol. The Balaban J connectivity index is 2.26. The molecule has 0 aliphatic carbocycles. The number of nitro benzene ring substituents is 1. The highest BCUT2D eigenvalue weighted by molar-refractivity contribution is 7.89. The maximum atomic E-state index is 12.3. The molecule has 1 N–H and O–H groups in total. The summed E-state index contributed by atoms with van der Waals surface area (Å²) in [6.07, 6.45) is 0. The summed E-state index contributed by atoms with van der Waals surface area (Å²) >= 11 is 1.42. The predicted molar refractivity (Wildman–Crippen MR) is 80.5 cm³/mol. The minimum Gasteiger partial charge on any atom is -0.495 e. The molecule has 0 spiro atoms. The molecule has 0 bridgehead atoms. The number of benzene rings is 1. The number of nitrogens with one attached hydrogen (secondary N) is 1. The lowest BCUT2D eigenvalue weighted by atomic mass is 10.3. The van der Waals surface area contributed by atoms with Gasteiger partial charge in [-0.2, -0.15) is 0 Å². The first-order chi connectivity index (χ1) is 10.3. The van der Waals surface area contributed by atoms with Crippen molar-refractivity contribution in [3.8, 4) is 5.75 Å². The van der Waals surface area contributed by atoms with Crippen LogP contribution in [0, 0.1) is 17.0 Å². The van der Waals surface area contributed by atoms with E-state index in [1.807, 2.05) is 6.92 Å². The molecule has 0 saturated carbocycles. The van der Waals surface area contributed by atoms with Gasteiger partial charge in [0, 0.05) is 11.4 Å². The second-order valence-corrected chi connectivity index (χ2v) is 7.07. The van der Waals surface area contributed by atoms with Crippen molar-refractivity contribution in [2.24, 2.45) is 0 Å². The second kappa shape index (κ2) is 6.38. The van der Waals surface area contributed by atoms with E-state index in [9.17, 15) is 18.5 Å². The number of nitrogens with zero attached hydrogens (tertiary/aromatic N) is 2. The number of sulfonamides is 1. The van der Waals surface area contributed by atoms with Gasteiger partial charge in [-0.1, -0.05) is 0 Å². The number of nitro groups is 1. The third-order valence-corrected chi connectivity index (χ3v) is 5.02. The molecule has 0 aliphatic rings. The summed E-state index contributed by atoms with van der Waals surface area (Å²) in [5, 5.41) is 13.3. The molecule has 0 radical (unpaired) electrons. The standard InChI is InChI=1S/C12H13N3O5S2/c1-8-14-9(7-21-8)6-13-22(18,19)12-4-3-10(15(16)17)5-11(12)20-2/h3-5,7,13H,6H2,1-2H3. The van der Waals surface area contributed by atoms with Crippen LogP contribution >= 0.6 is 11.3 Å². The smallest absolute Gasteiger partial charge is 0.273 e. The molecule has 1 aromatic heterocycles. The molecule has 8 nitrogen and oxygen atoms in total. The van der Waals surface area contributed by atoms with Gasteiger partial charge < -0.3 is 4.74 Å². The zero-order valence-electron chi connectivity index (χ0n) is 11.8. The number of rotatable bonds is 6. The molecular formula is C12H13N3O5S2. The molecule has 2 rings (SSSR count). The van der Waals surface area contributed by atoms with Gasteiger partial charge in [-0.25, -0.2) is 18.1 Å². The molecule has 2 aromatic rings. The number of hydrogen-bond acceptors (Lipinski definition) is 7. The predicted octanol–water partition coefficient (Wildman–Crippen LogP) is 1.85. The lowest BCUT2D eigenvalue weighted by molar-refractivity contribution is -0.385. The molecule has 22 heavy (non-hydrogen) atoms. The van der Waals surface area contributed by atoms with Crippen LogP contribution in [0.2, 0.25) is 0 Å². The average molecular weight is 343 g/mol. The Morgan fingerprint density at radius 2 is 2.18 bits per heavy atom. The van der Waals surface area contributed by atoms with Crippen LogP contribution in [0.1, 0.15) is 10.7 Å². The van der Waals surface area contributed by atoms with E-state index in [0.717, 1.165) is 23.2 Å². The summed E-state index contributed by atoms with van der Waals surface area (Å²) < 4.78 is 31.9. The molecule has 1 heterocycles. The topological polar surface area (TPSA) is 111 Å². The van der Waals surface area contributed by atoms with E-state index in [2.05, 4.69) is 9.71 Å². The van der Waals surface area contributed by atoms with Crippen LogP contribution in [0.25, 0.3) is 0 Å². The van der Waals surface area contributed by atoms with Crippen LogP contribution < -0.4 is 9.46 Å². The van der Waals surface area contributed by atoms with Gasteiger partial charge in [0.2, 0.25) is 10.0 Å². The van der Waals surface area contributed by atoms with Crippen LogP contribution in [0.3, 0.4) is 0 Å². The highest BCUT2D eigenvalue weighted by Gasteiger charge is 2.22. The van der Waals surface area contributed by atoms with Crippen molar-refractivity contribution in [3.63, 3.8) is 0 Å². The zero-order chi connectivity index (χ0) is 16.3. The largest absolute Gasteiger partial charge is 0.495 e. The highest BCUT2D eigenvalue weighted by atomic mass is 32.2. The summed E-state index contributed by atoms with van der Waals surface area (Å²) in [6, 6.07) is 3.33. The monoisotopic (exact) mass is 343 g/mol. The Labute approximate surface area is 131 Å². The zero-order valence-corrected chi connectivity index (χ0v) is 13.4. The van der Waals surface area contributed by atoms with Gasteiger partial charge in [-0.15, -0.1) is 11.3 Å². The van der Waals surface area contributed by atoms with E-state index in [1.54, 1.807) is 5.38 Å². The van der Waals surface area contributed by atoms with Crippen molar-refractivity contribution >= 4 is 27.0 Å². The van der Waals surface area contributed by atoms with Crippen LogP contribution in [-0.4, -0.2) is 25.4 Å². The van der Waals surface area contributed by atoms with Crippen molar-refractivity contribution in [2.75, 3.05) is 7.11 Å². The number of methoxy groups -OCH3 is 1. The average Bonchev–Trinajstić information content (AvgIpc) is 2.90. The van der Waals surface area contributed by atoms with Crippen molar-refractivity contribution < 1.29 is 18.1 Å². The van der Waals surface area contributed by atoms with Gasteiger partial charge in [-0.05, 0) is 13.0 Å². The van der Waals surface area contributed by atoms with E-state index in [4.69, 9.17) is 4.74 Å². The fraction of sp³-hybridized carbons (Fsp3) is 0.250. The van der Waals surface area contributed by atoms with Gasteiger partial charge in [0.15, 0.2) is 0 Å². The fourth-order valence-electron chi connectivity index (χ4n) is 1.73. The van der Waals surface area contributed by atoms with Crippen LogP contribution in [0.15, 0.2) is 28.5 Å². The molecule has 0 unspecified atom stereocenters. The van der Waals surface area contributed by atoms with Crippen molar-refractivity contribution in [3.05, 3.63) is 44.4 Å². The molecule has 0 fully saturated rings. The van der Waals surface area contributed by atoms with Gasteiger partial charge >= 0.3 is 0 Å². The van der Waals surface area contributed by atoms with E-state index >= 15 is 0 Å². The molecule has 118 valence electrons. The number of thiazole rings is 1. The van der Waals surface area contributed by atoms with E-state index in [0.29, 0.717) is 5.69 Å². The summed E-state index contributed by atoms with van der Waals surface area (Å²) in [5.74, 6) is -0.0869. The molecule has 0 amide bonds. The minimum absolute atomic E-state index is 0.0345. The first-order valence-electron chi connectivity index (χ1n) is 6.06. The number of ether oxygens (including phenoxy) is 1. The maximum Gasteiger partial charge on any atom is 0.273 e. The van der Waals surface area contributed by atoms with E-state index < -0.39 is 14.9 Å². The van der Waals surface area contributed by atoms with Crippen molar-refractivity contribution in [1.29, 1.82) is 0 Å². The second-order valence-electron chi connectivity index (χ2n) is 4.27. The molecule has 0 atom stereocenters. The SMILES string of the molecule is COc1cc([N+](=O)[O-])ccc1S(=O)(=O)NCc1csc(C)n1. The Kier molecular flexibility index (Phi) is 4.74. The Bertz CT molecular complexity index is 801. The molecule has 0 saturated heterocycles. The highest BCUT2D eigenvalue weighted by Crippen LogP contribution is 2.28. The molecule has 10 heteroatoms. The van der Waals surface area contributed by atoms with Crippen molar-refractivity contribution in [1.82, 2.24) is 9.71 Å². The van der Waals surface area contributed by atoms with Gasteiger partial charge in [0.1, 0.15) is 10.6 Å². The van der Waals surface area contributed by atoms with Gasteiger partial charge in [0.05, 0.1) is 35.3 Å². The summed E-state index contributed by atoms with van der Waals surface area (Å²) in [7, 11) is -2.62. The summed E-state index contributed by atoms with van der Waals surface area (Å²) in [6.45, 7) is 1.86. The number of non-ortho nitro benzene ring substituents is 1. The molecule has 0 aliphatic heterocycles. The van der Waals surface area contributed by atoms with Gasteiger partial charge in [0.25, 0.3) is 5.69 Å². The lowest BCUT2D eigenvalue weighted by Crippen LogP contribution is -2.24. The lowest BCUT2D eigenvalue weighted by Gasteiger charge is -2.09. The normalized spacial score (nSPS) is 11.4. The Morgan fingerprint density at radius 3 is 2.73 bits per heavy atom. The van der Waals surface area contributed by atoms with Crippen LogP contribution in [0.4, 0.5) is 5.69 Å². The number of aromatic nitrogens is 1. The quantitative estimate of drug-likeness (QED) is 0.633. The summed E-state index contributed by atoms with van der Waals surface area (Å²) in [4.78, 5) is 14.1. The third-order valence-electron chi connectivity index (χ3n) is 2.76. The number of aryl methyl sites for hydroxylation is 1. The Morgan fingerprint density at radius 1 is 1.45 bits per heavy atom. The fourth-order valence-corrected chi connectivity index (χ4v) is 3.49. The maximum absolute atomic E-state index is 12.3. The molecule has 1 aromatic carbocycles. The van der Waals surface area contributed by atoms with Crippen LogP contribution in [-0.2, 0) is 16.6 Å². The first kappa shape index (κ1) is 16.3. The Hall–Kier alpha value is -2.04.